The summed E-state index contributed by atoms with van der Waals surface area (Å²) in [6.45, 7) is 6.54. The first-order valence-corrected chi connectivity index (χ1v) is 7.81. The van der Waals surface area contributed by atoms with Gasteiger partial charge in [-0.1, -0.05) is 29.8 Å². The van der Waals surface area contributed by atoms with Crippen LogP contribution >= 0.6 is 0 Å². The monoisotopic (exact) mass is 311 g/mol. The lowest BCUT2D eigenvalue weighted by atomic mass is 10.0. The summed E-state index contributed by atoms with van der Waals surface area (Å²) in [7, 11) is 3.84. The Morgan fingerprint density at radius 2 is 1.96 bits per heavy atom. The molecule has 1 aromatic carbocycles. The molecule has 1 aromatic heterocycles. The van der Waals surface area contributed by atoms with Crippen molar-refractivity contribution in [3.05, 3.63) is 64.5 Å². The van der Waals surface area contributed by atoms with Gasteiger partial charge in [0.25, 0.3) is 0 Å². The van der Waals surface area contributed by atoms with E-state index in [0.717, 1.165) is 27.9 Å². The summed E-state index contributed by atoms with van der Waals surface area (Å²) < 4.78 is 0. The summed E-state index contributed by atoms with van der Waals surface area (Å²) >= 11 is 0. The van der Waals surface area contributed by atoms with Gasteiger partial charge in [0.2, 0.25) is 5.91 Å². The molecule has 1 amide bonds. The van der Waals surface area contributed by atoms with Crippen LogP contribution in [0.5, 0.6) is 0 Å². The number of rotatable bonds is 5. The number of aromatic nitrogens is 1. The lowest BCUT2D eigenvalue weighted by Crippen LogP contribution is -2.36. The van der Waals surface area contributed by atoms with Crippen molar-refractivity contribution in [3.63, 3.8) is 0 Å². The highest BCUT2D eigenvalue weighted by Crippen LogP contribution is 2.20. The molecule has 0 aliphatic carbocycles. The van der Waals surface area contributed by atoms with Gasteiger partial charge in [-0.05, 0) is 57.6 Å². The first kappa shape index (κ1) is 17.2. The van der Waals surface area contributed by atoms with Crippen molar-refractivity contribution < 1.29 is 4.79 Å². The van der Waals surface area contributed by atoms with Crippen molar-refractivity contribution in [2.24, 2.45) is 0 Å². The van der Waals surface area contributed by atoms with Gasteiger partial charge in [-0.2, -0.15) is 0 Å². The SMILES string of the molecule is Cc1cccc(C(C(=O)NCc2cnc(C)cc2C)N(C)C)c1. The number of carbonyl (C=O) groups is 1. The molecule has 4 nitrogen and oxygen atoms in total. The molecule has 0 radical (unpaired) electrons. The molecule has 0 saturated heterocycles. The Morgan fingerprint density at radius 3 is 2.57 bits per heavy atom. The molecule has 122 valence electrons. The number of benzene rings is 1. The normalized spacial score (nSPS) is 12.3. The number of nitrogens with one attached hydrogen (secondary N) is 1. The second-order valence-electron chi connectivity index (χ2n) is 6.25. The van der Waals surface area contributed by atoms with E-state index >= 15 is 0 Å². The lowest BCUT2D eigenvalue weighted by molar-refractivity contribution is -0.125. The number of likely N-dealkylation sites (N-methyl/N-ethyl adjacent to an activating group) is 1. The van der Waals surface area contributed by atoms with Crippen molar-refractivity contribution in [3.8, 4) is 0 Å². The van der Waals surface area contributed by atoms with Gasteiger partial charge in [-0.3, -0.25) is 14.7 Å². The minimum Gasteiger partial charge on any atom is -0.350 e. The maximum Gasteiger partial charge on any atom is 0.242 e. The number of aryl methyl sites for hydroxylation is 3. The standard InChI is InChI=1S/C19H25N3O/c1-13-7-6-8-16(9-13)18(22(4)5)19(23)21-12-17-11-20-15(3)10-14(17)2/h6-11,18H,12H2,1-5H3,(H,21,23). The summed E-state index contributed by atoms with van der Waals surface area (Å²) in [5.74, 6) is 0.000532. The number of carbonyl (C=O) groups excluding carboxylic acids is 1. The molecule has 0 bridgehead atoms. The maximum atomic E-state index is 12.7. The van der Waals surface area contributed by atoms with Gasteiger partial charge in [-0.15, -0.1) is 0 Å². The Hall–Kier alpha value is -2.20. The Kier molecular flexibility index (Phi) is 5.50. The van der Waals surface area contributed by atoms with Gasteiger partial charge < -0.3 is 5.32 Å². The Balaban J connectivity index is 2.13. The average Bonchev–Trinajstić information content (AvgIpc) is 2.46. The summed E-state index contributed by atoms with van der Waals surface area (Å²) in [6, 6.07) is 9.82. The van der Waals surface area contributed by atoms with E-state index in [1.807, 2.05) is 70.2 Å². The van der Waals surface area contributed by atoms with Crippen LogP contribution in [0, 0.1) is 20.8 Å². The minimum absolute atomic E-state index is 0.000532. The molecule has 2 rings (SSSR count). The third-order valence-electron chi connectivity index (χ3n) is 3.93. The molecule has 1 heterocycles. The molecule has 0 saturated carbocycles. The number of hydrogen-bond acceptors (Lipinski definition) is 3. The molecular weight excluding hydrogens is 286 g/mol. The number of amides is 1. The Morgan fingerprint density at radius 1 is 1.22 bits per heavy atom. The van der Waals surface area contributed by atoms with Crippen molar-refractivity contribution in [2.75, 3.05) is 14.1 Å². The molecule has 1 unspecified atom stereocenters. The molecule has 23 heavy (non-hydrogen) atoms. The van der Waals surface area contributed by atoms with Crippen LogP contribution in [0.4, 0.5) is 0 Å². The molecule has 2 aromatic rings. The molecule has 0 spiro atoms. The van der Waals surface area contributed by atoms with Gasteiger partial charge in [0.1, 0.15) is 6.04 Å². The second kappa shape index (κ2) is 7.38. The van der Waals surface area contributed by atoms with E-state index in [4.69, 9.17) is 0 Å². The summed E-state index contributed by atoms with van der Waals surface area (Å²) in [6.07, 6.45) is 1.84. The van der Waals surface area contributed by atoms with E-state index < -0.39 is 0 Å². The molecule has 1 atom stereocenters. The molecular formula is C19H25N3O. The molecule has 0 fully saturated rings. The maximum absolute atomic E-state index is 12.7. The van der Waals surface area contributed by atoms with Crippen LogP contribution < -0.4 is 5.32 Å². The largest absolute Gasteiger partial charge is 0.350 e. The predicted molar refractivity (Wildman–Crippen MR) is 93.2 cm³/mol. The van der Waals surface area contributed by atoms with Gasteiger partial charge in [-0.25, -0.2) is 0 Å². The van der Waals surface area contributed by atoms with Crippen LogP contribution in [-0.2, 0) is 11.3 Å². The Bertz CT molecular complexity index is 695. The van der Waals surface area contributed by atoms with E-state index in [0.29, 0.717) is 6.54 Å². The fourth-order valence-electron chi connectivity index (χ4n) is 2.71. The molecule has 0 aliphatic heterocycles. The van der Waals surface area contributed by atoms with Crippen molar-refractivity contribution >= 4 is 5.91 Å². The van der Waals surface area contributed by atoms with Crippen LogP contribution in [0.2, 0.25) is 0 Å². The molecule has 0 aliphatic rings. The lowest BCUT2D eigenvalue weighted by Gasteiger charge is -2.24. The van der Waals surface area contributed by atoms with Crippen molar-refractivity contribution in [1.29, 1.82) is 0 Å². The van der Waals surface area contributed by atoms with Gasteiger partial charge in [0, 0.05) is 18.4 Å². The van der Waals surface area contributed by atoms with E-state index in [1.54, 1.807) is 0 Å². The van der Waals surface area contributed by atoms with Crippen LogP contribution in [0.25, 0.3) is 0 Å². The highest BCUT2D eigenvalue weighted by Gasteiger charge is 2.22. The van der Waals surface area contributed by atoms with E-state index in [1.165, 1.54) is 0 Å². The number of hydrogen-bond donors (Lipinski definition) is 1. The van der Waals surface area contributed by atoms with Gasteiger partial charge >= 0.3 is 0 Å². The zero-order valence-corrected chi connectivity index (χ0v) is 14.6. The van der Waals surface area contributed by atoms with Gasteiger partial charge in [0.05, 0.1) is 0 Å². The predicted octanol–water partition coefficient (Wildman–Crippen LogP) is 2.93. The average molecular weight is 311 g/mol. The second-order valence-corrected chi connectivity index (χ2v) is 6.25. The molecule has 1 N–H and O–H groups in total. The first-order chi connectivity index (χ1) is 10.9. The highest BCUT2D eigenvalue weighted by molar-refractivity contribution is 5.83. The van der Waals surface area contributed by atoms with Crippen LogP contribution in [0.3, 0.4) is 0 Å². The third kappa shape index (κ3) is 4.39. The van der Waals surface area contributed by atoms with Crippen molar-refractivity contribution in [1.82, 2.24) is 15.2 Å². The first-order valence-electron chi connectivity index (χ1n) is 7.81. The summed E-state index contributed by atoms with van der Waals surface area (Å²) in [5, 5.41) is 3.04. The zero-order chi connectivity index (χ0) is 17.0. The van der Waals surface area contributed by atoms with Crippen LogP contribution in [-0.4, -0.2) is 29.9 Å². The highest BCUT2D eigenvalue weighted by atomic mass is 16.2. The van der Waals surface area contributed by atoms with Crippen molar-refractivity contribution in [2.45, 2.75) is 33.4 Å². The zero-order valence-electron chi connectivity index (χ0n) is 14.6. The van der Waals surface area contributed by atoms with E-state index in [-0.39, 0.29) is 11.9 Å². The fourth-order valence-corrected chi connectivity index (χ4v) is 2.71. The van der Waals surface area contributed by atoms with Crippen LogP contribution in [0.1, 0.15) is 34.0 Å². The fraction of sp³-hybridized carbons (Fsp3) is 0.368. The van der Waals surface area contributed by atoms with E-state index in [9.17, 15) is 4.79 Å². The quantitative estimate of drug-likeness (QED) is 0.923. The number of nitrogens with zero attached hydrogens (tertiary/aromatic N) is 2. The van der Waals surface area contributed by atoms with Crippen LogP contribution in [0.15, 0.2) is 36.5 Å². The Labute approximate surface area is 138 Å². The molecule has 4 heteroatoms. The summed E-state index contributed by atoms with van der Waals surface area (Å²) in [4.78, 5) is 18.9. The van der Waals surface area contributed by atoms with Gasteiger partial charge in [0.15, 0.2) is 0 Å². The topological polar surface area (TPSA) is 45.2 Å². The third-order valence-corrected chi connectivity index (χ3v) is 3.93. The smallest absolute Gasteiger partial charge is 0.242 e. The van der Waals surface area contributed by atoms with E-state index in [2.05, 4.69) is 16.4 Å². The number of pyridine rings is 1. The summed E-state index contributed by atoms with van der Waals surface area (Å²) in [5.41, 5.74) is 5.34. The minimum atomic E-state index is -0.298.